The van der Waals surface area contributed by atoms with E-state index in [1.807, 2.05) is 19.1 Å². The van der Waals surface area contributed by atoms with Gasteiger partial charge in [-0.15, -0.1) is 0 Å². The highest BCUT2D eigenvalue weighted by Gasteiger charge is 2.77. The molecule has 1 aromatic rings. The molecule has 8 heteroatoms. The molecule has 8 nitrogen and oxygen atoms in total. The van der Waals surface area contributed by atoms with Crippen LogP contribution in [0, 0.1) is 28.6 Å². The van der Waals surface area contributed by atoms with E-state index in [0.29, 0.717) is 18.5 Å². The van der Waals surface area contributed by atoms with Crippen molar-refractivity contribution in [3.63, 3.8) is 0 Å². The third-order valence-corrected chi connectivity index (χ3v) is 10.3. The predicted octanol–water partition coefficient (Wildman–Crippen LogP) is 4.58. The number of aliphatic hydroxyl groups excluding tert-OH is 1. The number of hydrogen-bond acceptors (Lipinski definition) is 7. The number of anilines is 1. The maximum absolute atomic E-state index is 14.1. The Morgan fingerprint density at radius 1 is 1.15 bits per heavy atom. The Bertz CT molecular complexity index is 1270. The molecule has 4 aliphatic carbocycles. The summed E-state index contributed by atoms with van der Waals surface area (Å²) in [5, 5.41) is 14.4. The molecule has 0 aromatic heterocycles. The molecule has 2 N–H and O–H groups in total. The Balaban J connectivity index is 1.29. The molecule has 3 saturated carbocycles. The van der Waals surface area contributed by atoms with Gasteiger partial charge in [0, 0.05) is 22.4 Å². The van der Waals surface area contributed by atoms with E-state index in [2.05, 4.69) is 12.2 Å². The number of carbonyl (C=O) groups excluding carboxylic acids is 3. The molecule has 5 unspecified atom stereocenters. The highest BCUT2D eigenvalue weighted by molar-refractivity contribution is 6.01. The van der Waals surface area contributed by atoms with Crippen molar-refractivity contribution in [2.24, 2.45) is 28.6 Å². The first-order valence-corrected chi connectivity index (χ1v) is 13.9. The number of amides is 1. The maximum Gasteiger partial charge on any atom is 0.412 e. The number of hydrogen-bond donors (Lipinski definition) is 2. The zero-order valence-corrected chi connectivity index (χ0v) is 22.9. The van der Waals surface area contributed by atoms with Gasteiger partial charge < -0.3 is 19.3 Å². The van der Waals surface area contributed by atoms with Crippen molar-refractivity contribution in [3.8, 4) is 0 Å². The van der Waals surface area contributed by atoms with Gasteiger partial charge in [0.05, 0.1) is 12.2 Å². The molecule has 1 aliphatic heterocycles. The lowest BCUT2D eigenvalue weighted by Crippen LogP contribution is -2.64. The van der Waals surface area contributed by atoms with E-state index in [1.54, 1.807) is 50.3 Å². The van der Waals surface area contributed by atoms with Crippen molar-refractivity contribution < 1.29 is 33.7 Å². The zero-order valence-electron chi connectivity index (χ0n) is 22.9. The van der Waals surface area contributed by atoms with E-state index >= 15 is 0 Å². The predicted molar refractivity (Wildman–Crippen MR) is 143 cm³/mol. The van der Waals surface area contributed by atoms with Gasteiger partial charge in [-0.25, -0.2) is 4.79 Å². The summed E-state index contributed by atoms with van der Waals surface area (Å²) in [6, 6.07) is 8.90. The van der Waals surface area contributed by atoms with Crippen LogP contribution in [-0.2, 0) is 23.8 Å². The first-order valence-electron chi connectivity index (χ1n) is 13.9. The van der Waals surface area contributed by atoms with Crippen molar-refractivity contribution in [1.29, 1.82) is 0 Å². The molecular weight excluding hydrogens is 498 g/mol. The van der Waals surface area contributed by atoms with Crippen LogP contribution >= 0.6 is 0 Å². The number of carbonyl (C=O) groups is 3. The van der Waals surface area contributed by atoms with Crippen molar-refractivity contribution in [2.45, 2.75) is 77.0 Å². The van der Waals surface area contributed by atoms with E-state index in [0.717, 1.165) is 18.4 Å². The monoisotopic (exact) mass is 535 g/mol. The second-order valence-corrected chi connectivity index (χ2v) is 12.8. The van der Waals surface area contributed by atoms with Crippen molar-refractivity contribution in [3.05, 3.63) is 54.1 Å². The molecule has 1 saturated heterocycles. The van der Waals surface area contributed by atoms with Crippen LogP contribution < -0.4 is 5.32 Å². The number of Topliss-reactive ketones (excluding diaryl/α,β-unsaturated/α-hetero) is 1. The fraction of sp³-hybridized carbons (Fsp3) is 0.581. The fourth-order valence-corrected chi connectivity index (χ4v) is 8.84. The van der Waals surface area contributed by atoms with Gasteiger partial charge >= 0.3 is 6.09 Å². The number of allylic oxidation sites excluding steroid dienone is 4. The van der Waals surface area contributed by atoms with E-state index in [9.17, 15) is 19.5 Å². The van der Waals surface area contributed by atoms with Gasteiger partial charge in [-0.2, -0.15) is 0 Å². The number of nitrogens with one attached hydrogen (secondary N) is 1. The standard InChI is InChI=1S/C31H37NO7/c1-28(2)38-25-15-22-21-11-10-18-14-20(33)12-13-29(18,3)26(21)23(34)16-30(22,4)31(25,39-28)24(35)17-37-27(36)32-19-8-6-5-7-9-19/h5-9,12-14,21-23,25-26,34H,10-11,15-17H2,1-4H3,(H,32,36)/t21?,22?,23-,25+,26?,29?,30?,31-/m0/s1. The molecule has 0 spiro atoms. The Morgan fingerprint density at radius 3 is 2.64 bits per heavy atom. The van der Waals surface area contributed by atoms with Gasteiger partial charge in [0.15, 0.2) is 23.8 Å². The van der Waals surface area contributed by atoms with Gasteiger partial charge in [-0.3, -0.25) is 14.9 Å². The molecule has 0 radical (unpaired) electrons. The summed E-state index contributed by atoms with van der Waals surface area (Å²) in [6.45, 7) is 7.30. The van der Waals surface area contributed by atoms with Gasteiger partial charge in [-0.05, 0) is 75.7 Å². The summed E-state index contributed by atoms with van der Waals surface area (Å²) in [5.41, 5.74) is -0.843. The number of para-hydroxylation sites is 1. The summed E-state index contributed by atoms with van der Waals surface area (Å²) in [6.07, 6.45) is 5.94. The molecule has 8 atom stereocenters. The van der Waals surface area contributed by atoms with Crippen LogP contribution in [0.15, 0.2) is 54.1 Å². The number of ether oxygens (including phenoxy) is 3. The third kappa shape index (κ3) is 3.86. The van der Waals surface area contributed by atoms with E-state index in [-0.39, 0.29) is 29.3 Å². The Kier molecular flexibility index (Phi) is 5.99. The molecule has 5 aliphatic rings. The molecule has 6 rings (SSSR count). The lowest BCUT2D eigenvalue weighted by molar-refractivity contribution is -0.225. The second kappa shape index (κ2) is 8.85. The quantitative estimate of drug-likeness (QED) is 0.580. The average Bonchev–Trinajstić information content (AvgIpc) is 3.29. The summed E-state index contributed by atoms with van der Waals surface area (Å²) in [7, 11) is 0. The van der Waals surface area contributed by atoms with Crippen molar-refractivity contribution in [1.82, 2.24) is 0 Å². The molecule has 0 bridgehead atoms. The van der Waals surface area contributed by atoms with E-state index in [1.165, 1.54) is 0 Å². The Hall–Kier alpha value is -2.81. The van der Waals surface area contributed by atoms with E-state index < -0.39 is 47.1 Å². The molecule has 39 heavy (non-hydrogen) atoms. The van der Waals surface area contributed by atoms with Crippen LogP contribution in [0.3, 0.4) is 0 Å². The lowest BCUT2D eigenvalue weighted by atomic mass is 9.46. The third-order valence-electron chi connectivity index (χ3n) is 10.3. The summed E-state index contributed by atoms with van der Waals surface area (Å²) in [4.78, 5) is 38.7. The van der Waals surface area contributed by atoms with Crippen LogP contribution in [-0.4, -0.2) is 53.0 Å². The minimum atomic E-state index is -1.35. The second-order valence-electron chi connectivity index (χ2n) is 12.8. The summed E-state index contributed by atoms with van der Waals surface area (Å²) >= 11 is 0. The zero-order chi connectivity index (χ0) is 27.8. The molecule has 208 valence electrons. The van der Waals surface area contributed by atoms with Crippen LogP contribution in [0.2, 0.25) is 0 Å². The SMILES string of the molecule is CC1(C)O[C@@H]2CC3C4CCC5=CC(=O)C=CC5(C)C4[C@@H](O)CC3(C)[C@@]2(C(=O)COC(=O)Nc2ccccc2)O1. The van der Waals surface area contributed by atoms with Crippen molar-refractivity contribution >= 4 is 23.3 Å². The van der Waals surface area contributed by atoms with Crippen LogP contribution in [0.4, 0.5) is 10.5 Å². The van der Waals surface area contributed by atoms with Crippen LogP contribution in [0.5, 0.6) is 0 Å². The maximum atomic E-state index is 14.1. The lowest BCUT2D eigenvalue weighted by Gasteiger charge is -2.59. The number of rotatable bonds is 4. The van der Waals surface area contributed by atoms with Crippen LogP contribution in [0.25, 0.3) is 0 Å². The van der Waals surface area contributed by atoms with Gasteiger partial charge in [0.2, 0.25) is 5.78 Å². The fourth-order valence-electron chi connectivity index (χ4n) is 8.84. The first kappa shape index (κ1) is 26.4. The average molecular weight is 536 g/mol. The molecule has 1 aromatic carbocycles. The number of ketones is 2. The Labute approximate surface area is 228 Å². The summed E-state index contributed by atoms with van der Waals surface area (Å²) < 4.78 is 18.3. The van der Waals surface area contributed by atoms with Gasteiger partial charge in [0.25, 0.3) is 0 Å². The normalized spacial score (nSPS) is 41.5. The Morgan fingerprint density at radius 2 is 1.90 bits per heavy atom. The highest BCUT2D eigenvalue weighted by Crippen LogP contribution is 2.70. The molecule has 1 heterocycles. The van der Waals surface area contributed by atoms with Gasteiger partial charge in [0.1, 0.15) is 0 Å². The topological polar surface area (TPSA) is 111 Å². The molecule has 4 fully saturated rings. The number of aliphatic hydroxyl groups is 1. The number of fused-ring (bicyclic) bond motifs is 7. The smallest absolute Gasteiger partial charge is 0.412 e. The summed E-state index contributed by atoms with van der Waals surface area (Å²) in [5.74, 6) is -1.25. The van der Waals surface area contributed by atoms with Crippen LogP contribution in [0.1, 0.15) is 53.4 Å². The highest BCUT2D eigenvalue weighted by atomic mass is 16.8. The van der Waals surface area contributed by atoms with Crippen molar-refractivity contribution in [2.75, 3.05) is 11.9 Å². The molecular formula is C31H37NO7. The minimum absolute atomic E-state index is 0.00339. The largest absolute Gasteiger partial charge is 0.441 e. The first-order chi connectivity index (χ1) is 18.4. The molecule has 1 amide bonds. The van der Waals surface area contributed by atoms with Gasteiger partial charge in [-0.1, -0.05) is 43.7 Å². The minimum Gasteiger partial charge on any atom is -0.441 e. The number of benzene rings is 1. The van der Waals surface area contributed by atoms with E-state index in [4.69, 9.17) is 14.2 Å².